The SMILES string of the molecule is CC(C)CN1CC(=O)C(NC(=O)OCc2ccccc2)C1. The van der Waals surface area contributed by atoms with E-state index in [9.17, 15) is 9.59 Å². The van der Waals surface area contributed by atoms with Crippen molar-refractivity contribution in [3.63, 3.8) is 0 Å². The van der Waals surface area contributed by atoms with Gasteiger partial charge in [-0.1, -0.05) is 44.2 Å². The molecule has 1 heterocycles. The minimum absolute atomic E-state index is 0.0484. The molecule has 1 aliphatic heterocycles. The lowest BCUT2D eigenvalue weighted by atomic mass is 10.2. The van der Waals surface area contributed by atoms with E-state index in [0.29, 0.717) is 19.0 Å². The first kappa shape index (κ1) is 15.5. The molecule has 0 saturated carbocycles. The fourth-order valence-corrected chi connectivity index (χ4v) is 2.44. The van der Waals surface area contributed by atoms with Crippen LogP contribution in [0.4, 0.5) is 4.79 Å². The summed E-state index contributed by atoms with van der Waals surface area (Å²) in [6.45, 7) is 6.27. The molecule has 5 nitrogen and oxygen atoms in total. The summed E-state index contributed by atoms with van der Waals surface area (Å²) < 4.78 is 5.13. The second kappa shape index (κ2) is 7.22. The number of nitrogens with one attached hydrogen (secondary N) is 1. The number of hydrogen-bond acceptors (Lipinski definition) is 4. The Morgan fingerprint density at radius 2 is 2.10 bits per heavy atom. The topological polar surface area (TPSA) is 58.6 Å². The van der Waals surface area contributed by atoms with Gasteiger partial charge < -0.3 is 10.1 Å². The lowest BCUT2D eigenvalue weighted by Crippen LogP contribution is -2.41. The number of alkyl carbamates (subject to hydrolysis) is 1. The van der Waals surface area contributed by atoms with Gasteiger partial charge in [-0.3, -0.25) is 9.69 Å². The van der Waals surface area contributed by atoms with Crippen LogP contribution in [-0.4, -0.2) is 42.5 Å². The smallest absolute Gasteiger partial charge is 0.408 e. The second-order valence-corrected chi connectivity index (χ2v) is 5.81. The predicted molar refractivity (Wildman–Crippen MR) is 79.8 cm³/mol. The molecule has 0 bridgehead atoms. The van der Waals surface area contributed by atoms with Crippen molar-refractivity contribution in [1.82, 2.24) is 10.2 Å². The summed E-state index contributed by atoms with van der Waals surface area (Å²) in [5, 5.41) is 2.65. The molecule has 1 unspecified atom stereocenters. The van der Waals surface area contributed by atoms with Crippen LogP contribution in [-0.2, 0) is 16.1 Å². The van der Waals surface area contributed by atoms with E-state index >= 15 is 0 Å². The van der Waals surface area contributed by atoms with E-state index in [0.717, 1.165) is 12.1 Å². The summed E-state index contributed by atoms with van der Waals surface area (Å²) in [6, 6.07) is 9.01. The monoisotopic (exact) mass is 290 g/mol. The molecule has 0 aliphatic carbocycles. The van der Waals surface area contributed by atoms with Crippen molar-refractivity contribution in [2.75, 3.05) is 19.6 Å². The molecule has 21 heavy (non-hydrogen) atoms. The highest BCUT2D eigenvalue weighted by atomic mass is 16.5. The molecule has 114 valence electrons. The molecule has 5 heteroatoms. The standard InChI is InChI=1S/C16H22N2O3/c1-12(2)8-18-9-14(15(19)10-18)17-16(20)21-11-13-6-4-3-5-7-13/h3-7,12,14H,8-11H2,1-2H3,(H,17,20). The van der Waals surface area contributed by atoms with E-state index in [2.05, 4.69) is 24.1 Å². The lowest BCUT2D eigenvalue weighted by molar-refractivity contribution is -0.118. The number of ether oxygens (including phenoxy) is 1. The molecule has 1 aromatic rings. The Morgan fingerprint density at radius 3 is 2.76 bits per heavy atom. The third-order valence-electron chi connectivity index (χ3n) is 3.34. The number of ketones is 1. The first-order chi connectivity index (χ1) is 10.0. The van der Waals surface area contributed by atoms with Gasteiger partial charge >= 0.3 is 6.09 Å². The molecule has 1 amide bonds. The van der Waals surface area contributed by atoms with Crippen LogP contribution in [0.25, 0.3) is 0 Å². The first-order valence-electron chi connectivity index (χ1n) is 7.27. The number of rotatable bonds is 5. The van der Waals surface area contributed by atoms with Gasteiger partial charge in [-0.25, -0.2) is 4.79 Å². The molecule has 0 aromatic heterocycles. The van der Waals surface area contributed by atoms with Crippen molar-refractivity contribution in [3.05, 3.63) is 35.9 Å². The van der Waals surface area contributed by atoms with Crippen molar-refractivity contribution >= 4 is 11.9 Å². The van der Waals surface area contributed by atoms with Gasteiger partial charge in [0.2, 0.25) is 0 Å². The lowest BCUT2D eigenvalue weighted by Gasteiger charge is -2.17. The second-order valence-electron chi connectivity index (χ2n) is 5.81. The van der Waals surface area contributed by atoms with Gasteiger partial charge in [0.25, 0.3) is 0 Å². The van der Waals surface area contributed by atoms with Crippen molar-refractivity contribution in [2.45, 2.75) is 26.5 Å². The highest BCUT2D eigenvalue weighted by Gasteiger charge is 2.32. The molecule has 1 aliphatic rings. The van der Waals surface area contributed by atoms with Gasteiger partial charge in [-0.2, -0.15) is 0 Å². The van der Waals surface area contributed by atoms with Crippen LogP contribution in [0.15, 0.2) is 30.3 Å². The predicted octanol–water partition coefficient (Wildman–Crippen LogP) is 1.82. The summed E-state index contributed by atoms with van der Waals surface area (Å²) in [6.07, 6.45) is -0.538. The molecule has 2 rings (SSSR count). The molecule has 1 saturated heterocycles. The average molecular weight is 290 g/mol. The molecular weight excluding hydrogens is 268 g/mol. The Hall–Kier alpha value is -1.88. The van der Waals surface area contributed by atoms with E-state index in [1.807, 2.05) is 30.3 Å². The van der Waals surface area contributed by atoms with Crippen LogP contribution in [0, 0.1) is 5.92 Å². The van der Waals surface area contributed by atoms with Crippen LogP contribution in [0.1, 0.15) is 19.4 Å². The highest BCUT2D eigenvalue weighted by molar-refractivity contribution is 5.91. The van der Waals surface area contributed by atoms with Gasteiger partial charge in [0.05, 0.1) is 6.54 Å². The van der Waals surface area contributed by atoms with E-state index < -0.39 is 12.1 Å². The molecule has 0 spiro atoms. The molecule has 0 radical (unpaired) electrons. The Bertz CT molecular complexity index is 488. The Kier molecular flexibility index (Phi) is 5.33. The zero-order valence-electron chi connectivity index (χ0n) is 12.5. The van der Waals surface area contributed by atoms with Crippen molar-refractivity contribution in [1.29, 1.82) is 0 Å². The summed E-state index contributed by atoms with van der Waals surface area (Å²) in [5.41, 5.74) is 0.923. The van der Waals surface area contributed by atoms with Gasteiger partial charge in [-0.05, 0) is 11.5 Å². The highest BCUT2D eigenvalue weighted by Crippen LogP contribution is 2.09. The van der Waals surface area contributed by atoms with Crippen LogP contribution in [0.3, 0.4) is 0 Å². The average Bonchev–Trinajstić information content (AvgIpc) is 2.76. The van der Waals surface area contributed by atoms with Crippen LogP contribution in [0.2, 0.25) is 0 Å². The fourth-order valence-electron chi connectivity index (χ4n) is 2.44. The molecule has 1 N–H and O–H groups in total. The molecule has 1 fully saturated rings. The van der Waals surface area contributed by atoms with Crippen molar-refractivity contribution in [3.8, 4) is 0 Å². The van der Waals surface area contributed by atoms with Crippen LogP contribution >= 0.6 is 0 Å². The van der Waals surface area contributed by atoms with Crippen LogP contribution in [0.5, 0.6) is 0 Å². The number of carbonyl (C=O) groups excluding carboxylic acids is 2. The number of likely N-dealkylation sites (tertiary alicyclic amines) is 1. The Morgan fingerprint density at radius 1 is 1.38 bits per heavy atom. The van der Waals surface area contributed by atoms with E-state index in [1.165, 1.54) is 0 Å². The maximum absolute atomic E-state index is 11.9. The molecular formula is C16H22N2O3. The van der Waals surface area contributed by atoms with Gasteiger partial charge in [0.15, 0.2) is 5.78 Å². The third kappa shape index (κ3) is 4.86. The van der Waals surface area contributed by atoms with Gasteiger partial charge in [0.1, 0.15) is 12.6 Å². The number of carbonyl (C=O) groups is 2. The molecule has 1 atom stereocenters. The van der Waals surface area contributed by atoms with E-state index in [-0.39, 0.29) is 12.4 Å². The van der Waals surface area contributed by atoms with E-state index in [1.54, 1.807) is 0 Å². The summed E-state index contributed by atoms with van der Waals surface area (Å²) >= 11 is 0. The quantitative estimate of drug-likeness (QED) is 0.898. The largest absolute Gasteiger partial charge is 0.445 e. The fraction of sp³-hybridized carbons (Fsp3) is 0.500. The first-order valence-corrected chi connectivity index (χ1v) is 7.27. The number of nitrogens with zero attached hydrogens (tertiary/aromatic N) is 1. The number of benzene rings is 1. The maximum Gasteiger partial charge on any atom is 0.408 e. The summed E-state index contributed by atoms with van der Waals surface area (Å²) in [7, 11) is 0. The number of Topliss-reactive ketones (excluding diaryl/α,β-unsaturated/α-hetero) is 1. The van der Waals surface area contributed by atoms with Crippen molar-refractivity contribution < 1.29 is 14.3 Å². The minimum atomic E-state index is -0.538. The normalized spacial score (nSPS) is 19.0. The maximum atomic E-state index is 11.9. The molecule has 1 aromatic carbocycles. The number of hydrogen-bond donors (Lipinski definition) is 1. The summed E-state index contributed by atoms with van der Waals surface area (Å²) in [4.78, 5) is 25.7. The third-order valence-corrected chi connectivity index (χ3v) is 3.34. The Labute approximate surface area is 125 Å². The minimum Gasteiger partial charge on any atom is -0.445 e. The van der Waals surface area contributed by atoms with Gasteiger partial charge in [-0.15, -0.1) is 0 Å². The summed E-state index contributed by atoms with van der Waals surface area (Å²) in [5.74, 6) is 0.550. The van der Waals surface area contributed by atoms with E-state index in [4.69, 9.17) is 4.74 Å². The zero-order valence-corrected chi connectivity index (χ0v) is 12.5. The van der Waals surface area contributed by atoms with Gasteiger partial charge in [0, 0.05) is 13.1 Å². The number of amides is 1. The van der Waals surface area contributed by atoms with Crippen LogP contribution < -0.4 is 5.32 Å². The van der Waals surface area contributed by atoms with Crippen molar-refractivity contribution in [2.24, 2.45) is 5.92 Å². The zero-order chi connectivity index (χ0) is 15.2. The Balaban J connectivity index is 1.76.